The van der Waals surface area contributed by atoms with Gasteiger partial charge in [-0.3, -0.25) is 9.19 Å². The third-order valence-corrected chi connectivity index (χ3v) is 3.99. The van der Waals surface area contributed by atoms with E-state index in [0.717, 1.165) is 22.0 Å². The Morgan fingerprint density at radius 2 is 1.95 bits per heavy atom. The molecule has 0 spiro atoms. The molecule has 0 aliphatic heterocycles. The smallest absolute Gasteiger partial charge is 0.122 e. The lowest BCUT2D eigenvalue weighted by atomic mass is 10.3. The Hall–Kier alpha value is -1.88. The number of nitrogens with zero attached hydrogens (tertiary/aromatic N) is 1. The Morgan fingerprint density at radius 1 is 1.26 bits per heavy atom. The molecule has 0 fully saturated rings. The molecule has 1 aromatic carbocycles. The van der Waals surface area contributed by atoms with Gasteiger partial charge in [0.25, 0.3) is 0 Å². The first-order valence-corrected chi connectivity index (χ1v) is 7.16. The summed E-state index contributed by atoms with van der Waals surface area (Å²) >= 11 is 0. The standard InChI is InChI=1S/C14H16N2O2S/c1-10-7-13(18-2)8-12(16-10)9-19(17)14-5-3-11(15)4-6-14/h3-8H,9,15H2,1-2H3. The predicted octanol–water partition coefficient (Wildman–Crippen LogP) is 2.29. The Morgan fingerprint density at radius 3 is 2.58 bits per heavy atom. The highest BCUT2D eigenvalue weighted by Gasteiger charge is 2.08. The molecule has 1 unspecified atom stereocenters. The number of nitrogens with two attached hydrogens (primary N) is 1. The lowest BCUT2D eigenvalue weighted by Crippen LogP contribution is -2.01. The molecule has 2 N–H and O–H groups in total. The summed E-state index contributed by atoms with van der Waals surface area (Å²) in [5, 5.41) is 0. The van der Waals surface area contributed by atoms with Crippen molar-refractivity contribution < 1.29 is 8.95 Å². The van der Waals surface area contributed by atoms with Gasteiger partial charge in [0.2, 0.25) is 0 Å². The van der Waals surface area contributed by atoms with Crippen LogP contribution < -0.4 is 10.5 Å². The van der Waals surface area contributed by atoms with E-state index >= 15 is 0 Å². The van der Waals surface area contributed by atoms with Crippen molar-refractivity contribution in [3.8, 4) is 5.75 Å². The molecule has 100 valence electrons. The summed E-state index contributed by atoms with van der Waals surface area (Å²) in [5.41, 5.74) is 7.88. The zero-order chi connectivity index (χ0) is 13.8. The van der Waals surface area contributed by atoms with Crippen LogP contribution >= 0.6 is 0 Å². The van der Waals surface area contributed by atoms with Gasteiger partial charge in [0.15, 0.2) is 0 Å². The van der Waals surface area contributed by atoms with Crippen LogP contribution in [0.3, 0.4) is 0 Å². The molecule has 2 aromatic rings. The van der Waals surface area contributed by atoms with Crippen LogP contribution in [0.15, 0.2) is 41.3 Å². The number of anilines is 1. The van der Waals surface area contributed by atoms with E-state index in [2.05, 4.69) is 4.98 Å². The Labute approximate surface area is 115 Å². The molecule has 0 aliphatic carbocycles. The lowest BCUT2D eigenvalue weighted by molar-refractivity contribution is 0.413. The number of pyridine rings is 1. The maximum atomic E-state index is 12.2. The van der Waals surface area contributed by atoms with Gasteiger partial charge in [0.05, 0.1) is 29.4 Å². The van der Waals surface area contributed by atoms with Crippen molar-refractivity contribution in [3.05, 3.63) is 47.8 Å². The van der Waals surface area contributed by atoms with E-state index in [0.29, 0.717) is 11.4 Å². The SMILES string of the molecule is COc1cc(C)nc(CS(=O)c2ccc(N)cc2)c1. The van der Waals surface area contributed by atoms with Crippen molar-refractivity contribution in [1.29, 1.82) is 0 Å². The van der Waals surface area contributed by atoms with Crippen LogP contribution in [0, 0.1) is 6.92 Å². The van der Waals surface area contributed by atoms with Gasteiger partial charge >= 0.3 is 0 Å². The number of rotatable bonds is 4. The fraction of sp³-hybridized carbons (Fsp3) is 0.214. The second-order valence-electron chi connectivity index (χ2n) is 4.20. The molecule has 0 bridgehead atoms. The first-order chi connectivity index (χ1) is 9.08. The first-order valence-electron chi connectivity index (χ1n) is 5.84. The van der Waals surface area contributed by atoms with Gasteiger partial charge in [-0.1, -0.05) is 0 Å². The second kappa shape index (κ2) is 5.84. The molecule has 0 amide bonds. The molecule has 1 aromatic heterocycles. The van der Waals surface area contributed by atoms with Gasteiger partial charge in [0.1, 0.15) is 5.75 Å². The predicted molar refractivity (Wildman–Crippen MR) is 76.5 cm³/mol. The van der Waals surface area contributed by atoms with Crippen LogP contribution in [0.1, 0.15) is 11.4 Å². The average molecular weight is 276 g/mol. The first kappa shape index (κ1) is 13.5. The van der Waals surface area contributed by atoms with Crippen LogP contribution in [0.4, 0.5) is 5.69 Å². The van der Waals surface area contributed by atoms with E-state index in [9.17, 15) is 4.21 Å². The van der Waals surface area contributed by atoms with Crippen LogP contribution in [-0.2, 0) is 16.6 Å². The van der Waals surface area contributed by atoms with Gasteiger partial charge in [-0.25, -0.2) is 0 Å². The van der Waals surface area contributed by atoms with Crippen LogP contribution in [-0.4, -0.2) is 16.3 Å². The third kappa shape index (κ3) is 3.54. The number of hydrogen-bond acceptors (Lipinski definition) is 4. The minimum absolute atomic E-state index is 0.363. The van der Waals surface area contributed by atoms with E-state index in [1.54, 1.807) is 31.4 Å². The largest absolute Gasteiger partial charge is 0.497 e. The van der Waals surface area contributed by atoms with Crippen LogP contribution in [0.5, 0.6) is 5.75 Å². The maximum absolute atomic E-state index is 12.2. The highest BCUT2D eigenvalue weighted by atomic mass is 32.2. The number of aryl methyl sites for hydroxylation is 1. The van der Waals surface area contributed by atoms with E-state index in [-0.39, 0.29) is 0 Å². The summed E-state index contributed by atoms with van der Waals surface area (Å²) in [5.74, 6) is 1.10. The van der Waals surface area contributed by atoms with Crippen LogP contribution in [0.2, 0.25) is 0 Å². The summed E-state index contributed by atoms with van der Waals surface area (Å²) < 4.78 is 17.4. The number of ether oxygens (including phenoxy) is 1. The van der Waals surface area contributed by atoms with Gasteiger partial charge < -0.3 is 10.5 Å². The molecule has 2 rings (SSSR count). The molecule has 4 nitrogen and oxygen atoms in total. The molecule has 0 aliphatic rings. The zero-order valence-electron chi connectivity index (χ0n) is 10.9. The van der Waals surface area contributed by atoms with E-state index in [1.165, 1.54) is 0 Å². The summed E-state index contributed by atoms with van der Waals surface area (Å²) in [6.07, 6.45) is 0. The maximum Gasteiger partial charge on any atom is 0.122 e. The monoisotopic (exact) mass is 276 g/mol. The molecular weight excluding hydrogens is 260 g/mol. The number of methoxy groups -OCH3 is 1. The van der Waals surface area contributed by atoms with Crippen molar-refractivity contribution >= 4 is 16.5 Å². The third-order valence-electron chi connectivity index (χ3n) is 2.64. The van der Waals surface area contributed by atoms with E-state index < -0.39 is 10.8 Å². The normalized spacial score (nSPS) is 12.1. The van der Waals surface area contributed by atoms with E-state index in [4.69, 9.17) is 10.5 Å². The summed E-state index contributed by atoms with van der Waals surface area (Å²) in [6.45, 7) is 1.89. The Balaban J connectivity index is 2.18. The molecule has 0 saturated carbocycles. The molecule has 1 atom stereocenters. The van der Waals surface area contributed by atoms with Crippen LogP contribution in [0.25, 0.3) is 0 Å². The molecule has 5 heteroatoms. The van der Waals surface area contributed by atoms with Crippen molar-refractivity contribution in [1.82, 2.24) is 4.98 Å². The van der Waals surface area contributed by atoms with Gasteiger partial charge in [-0.15, -0.1) is 0 Å². The molecular formula is C14H16N2O2S. The van der Waals surface area contributed by atoms with Crippen molar-refractivity contribution in [2.24, 2.45) is 0 Å². The van der Waals surface area contributed by atoms with Crippen molar-refractivity contribution in [2.45, 2.75) is 17.6 Å². The number of benzene rings is 1. The summed E-state index contributed by atoms with van der Waals surface area (Å²) in [4.78, 5) is 5.11. The summed E-state index contributed by atoms with van der Waals surface area (Å²) in [6, 6.07) is 10.7. The quantitative estimate of drug-likeness (QED) is 0.870. The Kier molecular flexibility index (Phi) is 4.16. The fourth-order valence-corrected chi connectivity index (χ4v) is 2.75. The fourth-order valence-electron chi connectivity index (χ4n) is 1.73. The lowest BCUT2D eigenvalue weighted by Gasteiger charge is -2.06. The topological polar surface area (TPSA) is 65.2 Å². The highest BCUT2D eigenvalue weighted by Crippen LogP contribution is 2.17. The van der Waals surface area contributed by atoms with Crippen molar-refractivity contribution in [3.63, 3.8) is 0 Å². The molecule has 1 heterocycles. The average Bonchev–Trinajstić information content (AvgIpc) is 2.38. The number of nitrogen functional groups attached to an aromatic ring is 1. The summed E-state index contributed by atoms with van der Waals surface area (Å²) in [7, 11) is 0.472. The van der Waals surface area contributed by atoms with Gasteiger partial charge in [0, 0.05) is 28.4 Å². The highest BCUT2D eigenvalue weighted by molar-refractivity contribution is 7.84. The number of hydrogen-bond donors (Lipinski definition) is 1. The van der Waals surface area contributed by atoms with Gasteiger partial charge in [-0.2, -0.15) is 0 Å². The molecule has 19 heavy (non-hydrogen) atoms. The number of aromatic nitrogens is 1. The zero-order valence-corrected chi connectivity index (χ0v) is 11.7. The van der Waals surface area contributed by atoms with Gasteiger partial charge in [-0.05, 0) is 31.2 Å². The molecule has 0 saturated heterocycles. The van der Waals surface area contributed by atoms with E-state index in [1.807, 2.05) is 19.1 Å². The second-order valence-corrected chi connectivity index (χ2v) is 5.65. The molecule has 0 radical (unpaired) electrons. The van der Waals surface area contributed by atoms with Crippen molar-refractivity contribution in [2.75, 3.05) is 12.8 Å². The minimum Gasteiger partial charge on any atom is -0.497 e. The minimum atomic E-state index is -1.13. The Bertz CT molecular complexity index is 597.